The molecule has 0 aliphatic rings. The molecule has 0 aliphatic heterocycles. The highest BCUT2D eigenvalue weighted by atomic mass is 19.4. The van der Waals surface area contributed by atoms with Crippen molar-refractivity contribution in [3.8, 4) is 0 Å². The van der Waals surface area contributed by atoms with E-state index in [0.717, 1.165) is 0 Å². The summed E-state index contributed by atoms with van der Waals surface area (Å²) in [6.07, 6.45) is -4.55. The monoisotopic (exact) mass is 264 g/mol. The summed E-state index contributed by atoms with van der Waals surface area (Å²) in [5, 5.41) is 2.70. The van der Waals surface area contributed by atoms with Crippen LogP contribution in [0.15, 0.2) is 6.07 Å². The van der Waals surface area contributed by atoms with Crippen LogP contribution < -0.4 is 11.1 Å². The van der Waals surface area contributed by atoms with Gasteiger partial charge in [0.15, 0.2) is 0 Å². The zero-order chi connectivity index (χ0) is 13.8. The lowest BCUT2D eigenvalue weighted by atomic mass is 10.4. The number of hydrogen-bond acceptors (Lipinski definition) is 5. The molecule has 0 amide bonds. The van der Waals surface area contributed by atoms with Crippen LogP contribution in [0.2, 0.25) is 0 Å². The van der Waals surface area contributed by atoms with Crippen LogP contribution >= 0.6 is 0 Å². The molecule has 0 radical (unpaired) electrons. The van der Waals surface area contributed by atoms with Crippen LogP contribution in [0, 0.1) is 0 Å². The normalized spacial score (nSPS) is 11.9. The predicted octanol–water partition coefficient (Wildman–Crippen LogP) is 1.91. The lowest BCUT2D eigenvalue weighted by Crippen LogP contribution is -2.17. The molecule has 0 aliphatic carbocycles. The van der Waals surface area contributed by atoms with Crippen molar-refractivity contribution in [3.05, 3.63) is 11.9 Å². The molecule has 5 nitrogen and oxygen atoms in total. The van der Waals surface area contributed by atoms with Gasteiger partial charge in [0, 0.05) is 12.6 Å². The molecule has 0 unspecified atom stereocenters. The number of nitrogens with zero attached hydrogens (tertiary/aromatic N) is 2. The number of alkyl halides is 3. The van der Waals surface area contributed by atoms with Crippen LogP contribution in [0.1, 0.15) is 19.7 Å². The maximum absolute atomic E-state index is 12.4. The molecule has 0 saturated carbocycles. The summed E-state index contributed by atoms with van der Waals surface area (Å²) in [5.41, 5.74) is 5.29. The van der Waals surface area contributed by atoms with E-state index in [4.69, 9.17) is 10.5 Å². The maximum atomic E-state index is 12.4. The Morgan fingerprint density at radius 3 is 2.61 bits per heavy atom. The van der Waals surface area contributed by atoms with E-state index in [1.807, 2.05) is 13.8 Å². The Morgan fingerprint density at radius 2 is 2.06 bits per heavy atom. The standard InChI is InChI=1S/C10H15F3N4O/c1-6(2)18-4-3-15-8-5-7(14)16-9(17-8)10(11,12)13/h5-6H,3-4H2,1-2H3,(H3,14,15,16,17). The highest BCUT2D eigenvalue weighted by molar-refractivity contribution is 5.44. The zero-order valence-corrected chi connectivity index (χ0v) is 10.1. The summed E-state index contributed by atoms with van der Waals surface area (Å²) in [5.74, 6) is -1.46. The molecule has 0 bridgehead atoms. The van der Waals surface area contributed by atoms with Crippen LogP contribution in [0.4, 0.5) is 24.8 Å². The Labute approximate surface area is 103 Å². The van der Waals surface area contributed by atoms with Gasteiger partial charge in [0.1, 0.15) is 11.6 Å². The van der Waals surface area contributed by atoms with E-state index in [1.54, 1.807) is 0 Å². The van der Waals surface area contributed by atoms with Gasteiger partial charge < -0.3 is 15.8 Å². The highest BCUT2D eigenvalue weighted by Crippen LogP contribution is 2.27. The second kappa shape index (κ2) is 5.85. The second-order valence-electron chi connectivity index (χ2n) is 3.85. The lowest BCUT2D eigenvalue weighted by molar-refractivity contribution is -0.144. The number of nitrogens with two attached hydrogens (primary N) is 1. The van der Waals surface area contributed by atoms with E-state index >= 15 is 0 Å². The Bertz CT molecular complexity index is 395. The molecule has 0 aromatic carbocycles. The number of aromatic nitrogens is 2. The third-order valence-corrected chi connectivity index (χ3v) is 1.86. The average Bonchev–Trinajstić information content (AvgIpc) is 2.22. The van der Waals surface area contributed by atoms with Crippen molar-refractivity contribution in [2.45, 2.75) is 26.1 Å². The molecule has 1 aromatic rings. The van der Waals surface area contributed by atoms with Crippen molar-refractivity contribution in [2.24, 2.45) is 0 Å². The van der Waals surface area contributed by atoms with E-state index in [-0.39, 0.29) is 17.7 Å². The first-order valence-electron chi connectivity index (χ1n) is 5.36. The van der Waals surface area contributed by atoms with Gasteiger partial charge in [0.2, 0.25) is 5.82 Å². The van der Waals surface area contributed by atoms with Gasteiger partial charge in [-0.2, -0.15) is 13.2 Å². The Morgan fingerprint density at radius 1 is 1.39 bits per heavy atom. The van der Waals surface area contributed by atoms with E-state index in [0.29, 0.717) is 13.2 Å². The zero-order valence-electron chi connectivity index (χ0n) is 10.1. The number of hydrogen-bond donors (Lipinski definition) is 2. The smallest absolute Gasteiger partial charge is 0.384 e. The third-order valence-electron chi connectivity index (χ3n) is 1.86. The lowest BCUT2D eigenvalue weighted by Gasteiger charge is -2.11. The predicted molar refractivity (Wildman–Crippen MR) is 61.0 cm³/mol. The average molecular weight is 264 g/mol. The fourth-order valence-corrected chi connectivity index (χ4v) is 1.16. The van der Waals surface area contributed by atoms with Crippen LogP contribution in [-0.2, 0) is 10.9 Å². The van der Waals surface area contributed by atoms with Gasteiger partial charge in [-0.25, -0.2) is 9.97 Å². The summed E-state index contributed by atoms with van der Waals surface area (Å²) >= 11 is 0. The topological polar surface area (TPSA) is 73.1 Å². The number of nitrogen functional groups attached to an aromatic ring is 1. The van der Waals surface area contributed by atoms with E-state index in [9.17, 15) is 13.2 Å². The molecule has 1 aromatic heterocycles. The first-order valence-corrected chi connectivity index (χ1v) is 5.36. The van der Waals surface area contributed by atoms with Gasteiger partial charge in [-0.15, -0.1) is 0 Å². The molecule has 0 atom stereocenters. The van der Waals surface area contributed by atoms with Gasteiger partial charge in [0.25, 0.3) is 0 Å². The molecular formula is C10H15F3N4O. The Kier molecular flexibility index (Phi) is 4.71. The fourth-order valence-electron chi connectivity index (χ4n) is 1.16. The molecular weight excluding hydrogens is 249 g/mol. The van der Waals surface area contributed by atoms with E-state index in [2.05, 4.69) is 15.3 Å². The van der Waals surface area contributed by atoms with E-state index in [1.165, 1.54) is 6.07 Å². The molecule has 0 fully saturated rings. The van der Waals surface area contributed by atoms with Crippen molar-refractivity contribution in [2.75, 3.05) is 24.2 Å². The molecule has 18 heavy (non-hydrogen) atoms. The van der Waals surface area contributed by atoms with E-state index < -0.39 is 12.0 Å². The van der Waals surface area contributed by atoms with Crippen LogP contribution in [0.25, 0.3) is 0 Å². The van der Waals surface area contributed by atoms with Gasteiger partial charge in [-0.3, -0.25) is 0 Å². The van der Waals surface area contributed by atoms with Crippen molar-refractivity contribution in [1.29, 1.82) is 0 Å². The van der Waals surface area contributed by atoms with Crippen LogP contribution in [0.5, 0.6) is 0 Å². The first-order chi connectivity index (χ1) is 8.29. The number of halogens is 3. The highest BCUT2D eigenvalue weighted by Gasteiger charge is 2.35. The second-order valence-corrected chi connectivity index (χ2v) is 3.85. The summed E-state index contributed by atoms with van der Waals surface area (Å²) in [4.78, 5) is 6.47. The minimum absolute atomic E-state index is 0.0298. The maximum Gasteiger partial charge on any atom is 0.451 e. The quantitative estimate of drug-likeness (QED) is 0.795. The van der Waals surface area contributed by atoms with Crippen molar-refractivity contribution >= 4 is 11.6 Å². The minimum atomic E-state index is -4.61. The molecule has 0 spiro atoms. The fraction of sp³-hybridized carbons (Fsp3) is 0.600. The summed E-state index contributed by atoms with van der Waals surface area (Å²) in [6, 6.07) is 1.24. The van der Waals surface area contributed by atoms with Crippen LogP contribution in [-0.4, -0.2) is 29.2 Å². The number of ether oxygens (including phenoxy) is 1. The molecule has 1 heterocycles. The molecule has 1 rings (SSSR count). The van der Waals surface area contributed by atoms with Gasteiger partial charge in [0.05, 0.1) is 12.7 Å². The summed E-state index contributed by atoms with van der Waals surface area (Å²) in [6.45, 7) is 4.43. The largest absolute Gasteiger partial charge is 0.451 e. The molecule has 3 N–H and O–H groups in total. The molecule has 102 valence electrons. The number of nitrogens with one attached hydrogen (secondary N) is 1. The van der Waals surface area contributed by atoms with Gasteiger partial charge >= 0.3 is 6.18 Å². The van der Waals surface area contributed by atoms with Crippen molar-refractivity contribution in [3.63, 3.8) is 0 Å². The van der Waals surface area contributed by atoms with Crippen molar-refractivity contribution in [1.82, 2.24) is 9.97 Å². The number of rotatable bonds is 5. The van der Waals surface area contributed by atoms with Crippen LogP contribution in [0.3, 0.4) is 0 Å². The minimum Gasteiger partial charge on any atom is -0.384 e. The molecule has 8 heteroatoms. The third kappa shape index (κ3) is 4.74. The SMILES string of the molecule is CC(C)OCCNc1cc(N)nc(C(F)(F)F)n1. The molecule has 0 saturated heterocycles. The van der Waals surface area contributed by atoms with Gasteiger partial charge in [-0.1, -0.05) is 0 Å². The van der Waals surface area contributed by atoms with Gasteiger partial charge in [-0.05, 0) is 13.8 Å². The number of anilines is 2. The summed E-state index contributed by atoms with van der Waals surface area (Å²) in [7, 11) is 0. The summed E-state index contributed by atoms with van der Waals surface area (Å²) < 4.78 is 42.5. The Balaban J connectivity index is 2.63. The van der Waals surface area contributed by atoms with Crippen molar-refractivity contribution < 1.29 is 17.9 Å². The Hall–Kier alpha value is -1.57. The first kappa shape index (κ1) is 14.5.